The lowest BCUT2D eigenvalue weighted by atomic mass is 10.0. The number of ether oxygens (including phenoxy) is 2. The number of likely N-dealkylation sites (N-methyl/N-ethyl adjacent to an activating group) is 1. The Morgan fingerprint density at radius 1 is 1.17 bits per heavy atom. The van der Waals surface area contributed by atoms with Gasteiger partial charge < -0.3 is 14.4 Å². The minimum atomic E-state index is -0.240. The largest absolute Gasteiger partial charge is 0.490 e. The molecule has 2 rings (SSSR count). The lowest BCUT2D eigenvalue weighted by molar-refractivity contribution is 0.132. The monoisotopic (exact) mass is 317 g/mol. The maximum atomic E-state index is 9.66. The van der Waals surface area contributed by atoms with E-state index in [9.17, 15) is 5.26 Å². The third kappa shape index (κ3) is 4.60. The summed E-state index contributed by atoms with van der Waals surface area (Å²) < 4.78 is 11.5. The molecule has 1 aliphatic heterocycles. The first kappa shape index (κ1) is 17.6. The smallest absolute Gasteiger partial charge is 0.161 e. The fraction of sp³-hybridized carbons (Fsp3) is 0.611. The van der Waals surface area contributed by atoms with Crippen LogP contribution >= 0.6 is 0 Å². The fourth-order valence-electron chi connectivity index (χ4n) is 2.76. The average Bonchev–Trinajstić information content (AvgIpc) is 2.52. The van der Waals surface area contributed by atoms with Gasteiger partial charge in [0.2, 0.25) is 0 Å². The molecule has 1 fully saturated rings. The van der Waals surface area contributed by atoms with Gasteiger partial charge in [0.05, 0.1) is 18.8 Å². The van der Waals surface area contributed by atoms with Crippen molar-refractivity contribution in [3.63, 3.8) is 0 Å². The van der Waals surface area contributed by atoms with Crippen molar-refractivity contribution in [2.24, 2.45) is 0 Å². The fourth-order valence-corrected chi connectivity index (χ4v) is 2.76. The van der Waals surface area contributed by atoms with E-state index in [0.717, 1.165) is 37.5 Å². The molecule has 126 valence electrons. The first-order valence-corrected chi connectivity index (χ1v) is 8.30. The molecule has 0 bridgehead atoms. The Morgan fingerprint density at radius 2 is 1.87 bits per heavy atom. The molecule has 1 unspecified atom stereocenters. The summed E-state index contributed by atoms with van der Waals surface area (Å²) >= 11 is 0. The minimum Gasteiger partial charge on any atom is -0.490 e. The summed E-state index contributed by atoms with van der Waals surface area (Å²) in [6.07, 6.45) is 0.0875. The molecule has 1 aromatic rings. The summed E-state index contributed by atoms with van der Waals surface area (Å²) in [5, 5.41) is 9.66. The number of hydrogen-bond acceptors (Lipinski definition) is 5. The van der Waals surface area contributed by atoms with Crippen LogP contribution in [0, 0.1) is 11.3 Å². The predicted molar refractivity (Wildman–Crippen MR) is 90.8 cm³/mol. The summed E-state index contributed by atoms with van der Waals surface area (Å²) in [7, 11) is 2.12. The normalized spacial score (nSPS) is 17.7. The van der Waals surface area contributed by atoms with Crippen molar-refractivity contribution >= 4 is 0 Å². The standard InChI is InChI=1S/C18H27N3O2/c1-5-22-18-12-15(6-7-17(18)23-14(2)3)16(13-19)21-10-8-20(4)9-11-21/h6-7,12,14,16H,5,8-11H2,1-4H3. The Morgan fingerprint density at radius 3 is 2.43 bits per heavy atom. The quantitative estimate of drug-likeness (QED) is 0.807. The summed E-state index contributed by atoms with van der Waals surface area (Å²) in [5.41, 5.74) is 0.969. The van der Waals surface area contributed by atoms with Crippen LogP contribution in [0.3, 0.4) is 0 Å². The van der Waals surface area contributed by atoms with Gasteiger partial charge in [-0.1, -0.05) is 6.07 Å². The third-order valence-electron chi connectivity index (χ3n) is 3.97. The van der Waals surface area contributed by atoms with Crippen LogP contribution in [0.15, 0.2) is 18.2 Å². The summed E-state index contributed by atoms with van der Waals surface area (Å²) in [4.78, 5) is 4.52. The first-order chi connectivity index (χ1) is 11.0. The molecule has 0 aromatic heterocycles. The number of piperazine rings is 1. The molecule has 0 amide bonds. The van der Waals surface area contributed by atoms with E-state index < -0.39 is 0 Å². The van der Waals surface area contributed by atoms with E-state index in [2.05, 4.69) is 22.9 Å². The third-order valence-corrected chi connectivity index (χ3v) is 3.97. The molecule has 5 heteroatoms. The van der Waals surface area contributed by atoms with Crippen LogP contribution in [0.5, 0.6) is 11.5 Å². The molecule has 1 heterocycles. The highest BCUT2D eigenvalue weighted by Gasteiger charge is 2.24. The maximum Gasteiger partial charge on any atom is 0.161 e. The molecular formula is C18H27N3O2. The molecule has 0 spiro atoms. The molecule has 1 saturated heterocycles. The van der Waals surface area contributed by atoms with Gasteiger partial charge in [0.25, 0.3) is 0 Å². The van der Waals surface area contributed by atoms with E-state index in [-0.39, 0.29) is 12.1 Å². The van der Waals surface area contributed by atoms with Crippen molar-refractivity contribution in [2.45, 2.75) is 32.9 Å². The Bertz CT molecular complexity index is 546. The zero-order valence-electron chi connectivity index (χ0n) is 14.6. The van der Waals surface area contributed by atoms with Gasteiger partial charge in [-0.15, -0.1) is 0 Å². The topological polar surface area (TPSA) is 48.7 Å². The highest BCUT2D eigenvalue weighted by atomic mass is 16.5. The molecule has 1 aromatic carbocycles. The first-order valence-electron chi connectivity index (χ1n) is 8.30. The van der Waals surface area contributed by atoms with Crippen molar-refractivity contribution in [3.8, 4) is 17.6 Å². The number of nitrogens with zero attached hydrogens (tertiary/aromatic N) is 3. The summed E-state index contributed by atoms with van der Waals surface area (Å²) in [5.74, 6) is 1.45. The van der Waals surface area contributed by atoms with Gasteiger partial charge in [0, 0.05) is 26.2 Å². The number of rotatable bonds is 6. The Labute approximate surface area is 139 Å². The van der Waals surface area contributed by atoms with Gasteiger partial charge in [-0.2, -0.15) is 5.26 Å². The molecule has 0 radical (unpaired) electrons. The Hall–Kier alpha value is -1.77. The Balaban J connectivity index is 2.23. The van der Waals surface area contributed by atoms with Crippen molar-refractivity contribution in [2.75, 3.05) is 39.8 Å². The predicted octanol–water partition coefficient (Wildman–Crippen LogP) is 2.68. The lowest BCUT2D eigenvalue weighted by Crippen LogP contribution is -2.45. The van der Waals surface area contributed by atoms with Crippen molar-refractivity contribution in [3.05, 3.63) is 23.8 Å². The number of benzene rings is 1. The highest BCUT2D eigenvalue weighted by molar-refractivity contribution is 5.45. The van der Waals surface area contributed by atoms with E-state index in [0.29, 0.717) is 12.4 Å². The average molecular weight is 317 g/mol. The number of nitriles is 1. The van der Waals surface area contributed by atoms with Crippen LogP contribution < -0.4 is 9.47 Å². The van der Waals surface area contributed by atoms with Gasteiger partial charge in [0.1, 0.15) is 6.04 Å². The van der Waals surface area contributed by atoms with Gasteiger partial charge in [-0.3, -0.25) is 4.90 Å². The Kier molecular flexibility index (Phi) is 6.26. The van der Waals surface area contributed by atoms with E-state index in [1.54, 1.807) is 0 Å². The van der Waals surface area contributed by atoms with Gasteiger partial charge in [0.15, 0.2) is 11.5 Å². The van der Waals surface area contributed by atoms with Crippen molar-refractivity contribution in [1.29, 1.82) is 5.26 Å². The van der Waals surface area contributed by atoms with E-state index >= 15 is 0 Å². The zero-order chi connectivity index (χ0) is 16.8. The summed E-state index contributed by atoms with van der Waals surface area (Å²) in [6, 6.07) is 8.05. The minimum absolute atomic E-state index is 0.0875. The van der Waals surface area contributed by atoms with Crippen LogP contribution in [-0.2, 0) is 0 Å². The summed E-state index contributed by atoms with van der Waals surface area (Å²) in [6.45, 7) is 10.3. The number of hydrogen-bond donors (Lipinski definition) is 0. The molecule has 1 atom stereocenters. The van der Waals surface area contributed by atoms with Gasteiger partial charge in [-0.05, 0) is 45.5 Å². The van der Waals surface area contributed by atoms with Crippen LogP contribution in [0.1, 0.15) is 32.4 Å². The molecule has 0 saturated carbocycles. The van der Waals surface area contributed by atoms with Gasteiger partial charge >= 0.3 is 0 Å². The van der Waals surface area contributed by atoms with Crippen LogP contribution in [-0.4, -0.2) is 55.7 Å². The SMILES string of the molecule is CCOc1cc(C(C#N)N2CCN(C)CC2)ccc1OC(C)C. The van der Waals surface area contributed by atoms with Gasteiger partial charge in [-0.25, -0.2) is 0 Å². The van der Waals surface area contributed by atoms with Crippen molar-refractivity contribution in [1.82, 2.24) is 9.80 Å². The van der Waals surface area contributed by atoms with Crippen molar-refractivity contribution < 1.29 is 9.47 Å². The zero-order valence-corrected chi connectivity index (χ0v) is 14.6. The highest BCUT2D eigenvalue weighted by Crippen LogP contribution is 2.33. The molecular weight excluding hydrogens is 290 g/mol. The second-order valence-corrected chi connectivity index (χ2v) is 6.18. The molecule has 5 nitrogen and oxygen atoms in total. The molecule has 1 aliphatic rings. The van der Waals surface area contributed by atoms with Crippen LogP contribution in [0.25, 0.3) is 0 Å². The molecule has 0 aliphatic carbocycles. The lowest BCUT2D eigenvalue weighted by Gasteiger charge is -2.35. The second-order valence-electron chi connectivity index (χ2n) is 6.18. The van der Waals surface area contributed by atoms with Crippen LogP contribution in [0.2, 0.25) is 0 Å². The van der Waals surface area contributed by atoms with E-state index in [1.165, 1.54) is 0 Å². The maximum absolute atomic E-state index is 9.66. The second kappa shape index (κ2) is 8.19. The molecule has 0 N–H and O–H groups in total. The van der Waals surface area contributed by atoms with Crippen LogP contribution in [0.4, 0.5) is 0 Å². The van der Waals surface area contributed by atoms with E-state index in [4.69, 9.17) is 9.47 Å². The van der Waals surface area contributed by atoms with E-state index in [1.807, 2.05) is 39.0 Å². The molecule has 23 heavy (non-hydrogen) atoms.